The molecule has 1 heterocycles. The average molecular weight is 332 g/mol. The second-order valence-corrected chi connectivity index (χ2v) is 7.06. The lowest BCUT2D eigenvalue weighted by Gasteiger charge is -2.29. The molecule has 2 atom stereocenters. The first-order valence-corrected chi connectivity index (χ1v) is 8.04. The Labute approximate surface area is 142 Å². The Kier molecular flexibility index (Phi) is 5.59. The average Bonchev–Trinajstić information content (AvgIpc) is 2.93. The topological polar surface area (TPSA) is 84.5 Å². The molecule has 2 amide bonds. The molecule has 0 unspecified atom stereocenters. The fourth-order valence-electron chi connectivity index (χ4n) is 2.79. The van der Waals surface area contributed by atoms with Crippen LogP contribution in [0.25, 0.3) is 0 Å². The summed E-state index contributed by atoms with van der Waals surface area (Å²) in [6.45, 7) is 6.36. The summed E-state index contributed by atoms with van der Waals surface area (Å²) < 4.78 is 5.11. The van der Waals surface area contributed by atoms with Crippen molar-refractivity contribution in [3.05, 3.63) is 35.9 Å². The van der Waals surface area contributed by atoms with Gasteiger partial charge in [0.2, 0.25) is 11.8 Å². The first kappa shape index (κ1) is 18.0. The molecule has 130 valence electrons. The summed E-state index contributed by atoms with van der Waals surface area (Å²) in [6, 6.07) is 9.29. The monoisotopic (exact) mass is 332 g/mol. The molecule has 1 aromatic rings. The summed E-state index contributed by atoms with van der Waals surface area (Å²) in [5.74, 6) is -2.12. The summed E-state index contributed by atoms with van der Waals surface area (Å²) in [5.41, 5.74) is 0.690. The summed E-state index contributed by atoms with van der Waals surface area (Å²) in [6.07, 6.45) is 0. The highest BCUT2D eigenvalue weighted by Crippen LogP contribution is 2.35. The van der Waals surface area contributed by atoms with Gasteiger partial charge < -0.3 is 15.4 Å². The zero-order chi connectivity index (χ0) is 17.7. The van der Waals surface area contributed by atoms with Crippen molar-refractivity contribution in [2.45, 2.75) is 27.4 Å². The van der Waals surface area contributed by atoms with Gasteiger partial charge in [-0.05, 0) is 11.0 Å². The van der Waals surface area contributed by atoms with Gasteiger partial charge in [0.05, 0.1) is 0 Å². The van der Waals surface area contributed by atoms with Gasteiger partial charge in [-0.15, -0.1) is 0 Å². The number of ether oxygens (including phenoxy) is 1. The SMILES string of the molecule is CC(C)(C)[C@@H]1CNC(=O)[C@H]1C(=O)NCC(=O)OCc1ccccc1. The molecule has 2 rings (SSSR count). The fourth-order valence-corrected chi connectivity index (χ4v) is 2.79. The van der Waals surface area contributed by atoms with Gasteiger partial charge in [0.1, 0.15) is 19.1 Å². The van der Waals surface area contributed by atoms with E-state index in [1.807, 2.05) is 51.1 Å². The molecule has 24 heavy (non-hydrogen) atoms. The quantitative estimate of drug-likeness (QED) is 0.628. The predicted octanol–water partition coefficient (Wildman–Crippen LogP) is 1.25. The van der Waals surface area contributed by atoms with E-state index < -0.39 is 17.8 Å². The minimum atomic E-state index is -0.771. The summed E-state index contributed by atoms with van der Waals surface area (Å²) in [7, 11) is 0. The number of nitrogens with one attached hydrogen (secondary N) is 2. The summed E-state index contributed by atoms with van der Waals surface area (Å²) in [5, 5.41) is 5.24. The number of hydrogen-bond acceptors (Lipinski definition) is 4. The van der Waals surface area contributed by atoms with E-state index >= 15 is 0 Å². The number of rotatable bonds is 5. The first-order chi connectivity index (χ1) is 11.3. The predicted molar refractivity (Wildman–Crippen MR) is 88.7 cm³/mol. The lowest BCUT2D eigenvalue weighted by molar-refractivity contribution is -0.146. The van der Waals surface area contributed by atoms with E-state index in [2.05, 4.69) is 10.6 Å². The van der Waals surface area contributed by atoms with Crippen LogP contribution < -0.4 is 10.6 Å². The van der Waals surface area contributed by atoms with E-state index in [1.54, 1.807) is 0 Å². The van der Waals surface area contributed by atoms with Crippen molar-refractivity contribution in [2.75, 3.05) is 13.1 Å². The highest BCUT2D eigenvalue weighted by atomic mass is 16.5. The van der Waals surface area contributed by atoms with Gasteiger partial charge in [-0.25, -0.2) is 0 Å². The van der Waals surface area contributed by atoms with Gasteiger partial charge in [-0.3, -0.25) is 14.4 Å². The fraction of sp³-hybridized carbons (Fsp3) is 0.500. The van der Waals surface area contributed by atoms with Crippen LogP contribution >= 0.6 is 0 Å². The molecular weight excluding hydrogens is 308 g/mol. The third-order valence-corrected chi connectivity index (χ3v) is 4.23. The molecule has 1 aromatic carbocycles. The maximum absolute atomic E-state index is 12.3. The van der Waals surface area contributed by atoms with Crippen LogP contribution in [0.1, 0.15) is 26.3 Å². The Morgan fingerprint density at radius 3 is 2.54 bits per heavy atom. The van der Waals surface area contributed by atoms with Crippen molar-refractivity contribution in [3.8, 4) is 0 Å². The Bertz CT molecular complexity index is 607. The van der Waals surface area contributed by atoms with Crippen LogP contribution in [-0.4, -0.2) is 30.9 Å². The standard InChI is InChI=1S/C18H24N2O4/c1-18(2,3)13-9-19-16(22)15(13)17(23)20-10-14(21)24-11-12-7-5-4-6-8-12/h4-8,13,15H,9-11H2,1-3H3,(H,19,22)(H,20,23)/t13-,15+/m1/s1. The molecule has 0 bridgehead atoms. The van der Waals surface area contributed by atoms with E-state index in [4.69, 9.17) is 4.74 Å². The van der Waals surface area contributed by atoms with Crippen LogP contribution in [0.2, 0.25) is 0 Å². The second-order valence-electron chi connectivity index (χ2n) is 7.06. The van der Waals surface area contributed by atoms with E-state index in [0.717, 1.165) is 5.56 Å². The van der Waals surface area contributed by atoms with Crippen molar-refractivity contribution in [1.82, 2.24) is 10.6 Å². The maximum atomic E-state index is 12.3. The number of carbonyl (C=O) groups excluding carboxylic acids is 3. The van der Waals surface area contributed by atoms with Crippen molar-refractivity contribution < 1.29 is 19.1 Å². The molecule has 0 saturated carbocycles. The molecule has 0 spiro atoms. The zero-order valence-electron chi connectivity index (χ0n) is 14.3. The molecule has 0 aromatic heterocycles. The molecular formula is C18H24N2O4. The lowest BCUT2D eigenvalue weighted by atomic mass is 9.74. The van der Waals surface area contributed by atoms with Crippen LogP contribution in [0.4, 0.5) is 0 Å². The highest BCUT2D eigenvalue weighted by Gasteiger charge is 2.45. The minimum Gasteiger partial charge on any atom is -0.460 e. The number of hydrogen-bond donors (Lipinski definition) is 2. The molecule has 1 aliphatic heterocycles. The van der Waals surface area contributed by atoms with Crippen molar-refractivity contribution in [1.29, 1.82) is 0 Å². The van der Waals surface area contributed by atoms with E-state index in [9.17, 15) is 14.4 Å². The Balaban J connectivity index is 1.83. The van der Waals surface area contributed by atoms with Crippen LogP contribution in [0.15, 0.2) is 30.3 Å². The lowest BCUT2D eigenvalue weighted by Crippen LogP contribution is -2.42. The van der Waals surface area contributed by atoms with Gasteiger partial charge in [0.15, 0.2) is 0 Å². The molecule has 6 nitrogen and oxygen atoms in total. The maximum Gasteiger partial charge on any atom is 0.325 e. The van der Waals surface area contributed by atoms with E-state index in [0.29, 0.717) is 6.54 Å². The molecule has 1 saturated heterocycles. The molecule has 1 fully saturated rings. The third kappa shape index (κ3) is 4.57. The number of benzene rings is 1. The molecule has 0 aliphatic carbocycles. The normalized spacial score (nSPS) is 20.4. The molecule has 2 N–H and O–H groups in total. The van der Waals surface area contributed by atoms with Gasteiger partial charge in [0, 0.05) is 12.5 Å². The molecule has 0 radical (unpaired) electrons. The van der Waals surface area contributed by atoms with E-state index in [-0.39, 0.29) is 30.4 Å². The van der Waals surface area contributed by atoms with Crippen molar-refractivity contribution in [2.24, 2.45) is 17.3 Å². The summed E-state index contributed by atoms with van der Waals surface area (Å²) >= 11 is 0. The van der Waals surface area contributed by atoms with Gasteiger partial charge in [0.25, 0.3) is 0 Å². The second kappa shape index (κ2) is 7.47. The van der Waals surface area contributed by atoms with Crippen molar-refractivity contribution >= 4 is 17.8 Å². The summed E-state index contributed by atoms with van der Waals surface area (Å²) in [4.78, 5) is 36.0. The van der Waals surface area contributed by atoms with Crippen LogP contribution in [0.5, 0.6) is 0 Å². The Hall–Kier alpha value is -2.37. The Morgan fingerprint density at radius 2 is 1.92 bits per heavy atom. The largest absolute Gasteiger partial charge is 0.460 e. The smallest absolute Gasteiger partial charge is 0.325 e. The molecule has 6 heteroatoms. The van der Waals surface area contributed by atoms with Crippen LogP contribution in [-0.2, 0) is 25.7 Å². The van der Waals surface area contributed by atoms with Crippen LogP contribution in [0, 0.1) is 17.3 Å². The number of carbonyl (C=O) groups is 3. The zero-order valence-corrected chi connectivity index (χ0v) is 14.3. The molecule has 1 aliphatic rings. The highest BCUT2D eigenvalue weighted by molar-refractivity contribution is 6.02. The van der Waals surface area contributed by atoms with Crippen molar-refractivity contribution in [3.63, 3.8) is 0 Å². The number of amides is 2. The van der Waals surface area contributed by atoms with Crippen LogP contribution in [0.3, 0.4) is 0 Å². The van der Waals surface area contributed by atoms with Gasteiger partial charge in [-0.1, -0.05) is 51.1 Å². The minimum absolute atomic E-state index is 0.106. The number of esters is 1. The Morgan fingerprint density at radius 1 is 1.25 bits per heavy atom. The third-order valence-electron chi connectivity index (χ3n) is 4.23. The van der Waals surface area contributed by atoms with Gasteiger partial charge >= 0.3 is 5.97 Å². The van der Waals surface area contributed by atoms with Gasteiger partial charge in [-0.2, -0.15) is 0 Å². The first-order valence-electron chi connectivity index (χ1n) is 8.04. The van der Waals surface area contributed by atoms with E-state index in [1.165, 1.54) is 0 Å².